The number of hydrogen-bond acceptors (Lipinski definition) is 3. The minimum Gasteiger partial charge on any atom is -0.318 e. The van der Waals surface area contributed by atoms with Crippen molar-refractivity contribution in [3.8, 4) is 0 Å². The van der Waals surface area contributed by atoms with Crippen LogP contribution >= 0.6 is 0 Å². The zero-order valence-corrected chi connectivity index (χ0v) is 14.3. The summed E-state index contributed by atoms with van der Waals surface area (Å²) in [6.07, 6.45) is 0. The normalized spacial score (nSPS) is 11.1. The first-order chi connectivity index (χ1) is 12.4. The second-order valence-electron chi connectivity index (χ2n) is 6.35. The van der Waals surface area contributed by atoms with E-state index in [1.54, 1.807) is 24.3 Å². The number of hydrogen-bond donors (Lipinski definition) is 1. The summed E-state index contributed by atoms with van der Waals surface area (Å²) in [5.74, 6) is -2.02. The van der Waals surface area contributed by atoms with Gasteiger partial charge in [0.05, 0.1) is 11.1 Å². The summed E-state index contributed by atoms with van der Waals surface area (Å²) < 4.78 is 28.4. The molecule has 2 aromatic carbocycles. The van der Waals surface area contributed by atoms with Gasteiger partial charge < -0.3 is 5.32 Å². The maximum absolute atomic E-state index is 13.8. The van der Waals surface area contributed by atoms with E-state index in [0.717, 1.165) is 18.2 Å². The van der Waals surface area contributed by atoms with E-state index in [-0.39, 0.29) is 22.9 Å². The molecule has 0 bridgehead atoms. The van der Waals surface area contributed by atoms with Crippen molar-refractivity contribution in [3.05, 3.63) is 70.1 Å². The first-order valence-electron chi connectivity index (χ1n) is 8.13. The first-order valence-corrected chi connectivity index (χ1v) is 8.13. The lowest BCUT2D eigenvalue weighted by molar-refractivity contribution is 0.102. The number of benzene rings is 2. The smallest absolute Gasteiger partial charge is 0.276 e. The number of amides is 1. The SMILES string of the molecule is CC(C)Cn1nc(C(=O)Nc2cc(F)ccc2F)c2ccccc2c1=O. The maximum Gasteiger partial charge on any atom is 0.276 e. The van der Waals surface area contributed by atoms with Crippen molar-refractivity contribution in [2.24, 2.45) is 5.92 Å². The van der Waals surface area contributed by atoms with Gasteiger partial charge in [0.2, 0.25) is 0 Å². The number of nitrogens with one attached hydrogen (secondary N) is 1. The summed E-state index contributed by atoms with van der Waals surface area (Å²) in [4.78, 5) is 25.2. The molecule has 1 N–H and O–H groups in total. The van der Waals surface area contributed by atoms with E-state index in [0.29, 0.717) is 17.3 Å². The molecular formula is C19H17F2N3O2. The largest absolute Gasteiger partial charge is 0.318 e. The molecule has 0 aliphatic carbocycles. The van der Waals surface area contributed by atoms with Crippen LogP contribution in [0.15, 0.2) is 47.3 Å². The maximum atomic E-state index is 13.8. The van der Waals surface area contributed by atoms with Gasteiger partial charge in [-0.25, -0.2) is 13.5 Å². The number of anilines is 1. The van der Waals surface area contributed by atoms with Crippen LogP contribution < -0.4 is 10.9 Å². The quantitative estimate of drug-likeness (QED) is 0.776. The van der Waals surface area contributed by atoms with E-state index in [1.807, 2.05) is 13.8 Å². The van der Waals surface area contributed by atoms with Gasteiger partial charge in [0.15, 0.2) is 5.69 Å². The van der Waals surface area contributed by atoms with Crippen molar-refractivity contribution in [1.29, 1.82) is 0 Å². The van der Waals surface area contributed by atoms with E-state index in [2.05, 4.69) is 10.4 Å². The lowest BCUT2D eigenvalue weighted by Crippen LogP contribution is -2.29. The van der Waals surface area contributed by atoms with Crippen molar-refractivity contribution in [3.63, 3.8) is 0 Å². The molecule has 0 spiro atoms. The van der Waals surface area contributed by atoms with Gasteiger partial charge in [-0.3, -0.25) is 9.59 Å². The molecule has 0 aliphatic rings. The average molecular weight is 357 g/mol. The zero-order chi connectivity index (χ0) is 18.8. The molecule has 3 rings (SSSR count). The van der Waals surface area contributed by atoms with Gasteiger partial charge >= 0.3 is 0 Å². The molecule has 3 aromatic rings. The minimum absolute atomic E-state index is 0.0236. The molecule has 0 unspecified atom stereocenters. The fourth-order valence-electron chi connectivity index (χ4n) is 2.65. The topological polar surface area (TPSA) is 64.0 Å². The van der Waals surface area contributed by atoms with Crippen LogP contribution in [0.2, 0.25) is 0 Å². The third-order valence-corrected chi connectivity index (χ3v) is 3.80. The molecule has 7 heteroatoms. The Labute approximate surface area is 148 Å². The summed E-state index contributed by atoms with van der Waals surface area (Å²) in [5, 5.41) is 7.19. The molecule has 1 amide bonds. The van der Waals surface area contributed by atoms with Crippen LogP contribution in [0.25, 0.3) is 10.8 Å². The number of nitrogens with zero attached hydrogens (tertiary/aromatic N) is 2. The van der Waals surface area contributed by atoms with E-state index in [9.17, 15) is 18.4 Å². The molecule has 0 saturated carbocycles. The molecule has 0 saturated heterocycles. The lowest BCUT2D eigenvalue weighted by atomic mass is 10.1. The van der Waals surface area contributed by atoms with Crippen LogP contribution in [-0.4, -0.2) is 15.7 Å². The van der Waals surface area contributed by atoms with Crippen molar-refractivity contribution < 1.29 is 13.6 Å². The van der Waals surface area contributed by atoms with Gasteiger partial charge in [-0.2, -0.15) is 5.10 Å². The molecule has 1 aromatic heterocycles. The number of halogens is 2. The van der Waals surface area contributed by atoms with E-state index in [1.165, 1.54) is 4.68 Å². The number of aromatic nitrogens is 2. The first kappa shape index (κ1) is 17.7. The zero-order valence-electron chi connectivity index (χ0n) is 14.3. The fraction of sp³-hybridized carbons (Fsp3) is 0.211. The third kappa shape index (κ3) is 3.46. The van der Waals surface area contributed by atoms with Crippen LogP contribution in [0, 0.1) is 17.6 Å². The average Bonchev–Trinajstić information content (AvgIpc) is 2.60. The number of carbonyl (C=O) groups is 1. The number of carbonyl (C=O) groups excluding carboxylic acids is 1. The summed E-state index contributed by atoms with van der Waals surface area (Å²) >= 11 is 0. The molecule has 0 radical (unpaired) electrons. The Hall–Kier alpha value is -3.09. The summed E-state index contributed by atoms with van der Waals surface area (Å²) in [5.41, 5.74) is -0.616. The highest BCUT2D eigenvalue weighted by Gasteiger charge is 2.18. The molecule has 5 nitrogen and oxygen atoms in total. The van der Waals surface area contributed by atoms with E-state index < -0.39 is 17.5 Å². The molecule has 0 fully saturated rings. The molecule has 134 valence electrons. The fourth-order valence-corrected chi connectivity index (χ4v) is 2.65. The van der Waals surface area contributed by atoms with Gasteiger partial charge in [-0.05, 0) is 24.1 Å². The molecule has 26 heavy (non-hydrogen) atoms. The third-order valence-electron chi connectivity index (χ3n) is 3.80. The van der Waals surface area contributed by atoms with Crippen LogP contribution in [0.4, 0.5) is 14.5 Å². The van der Waals surface area contributed by atoms with Gasteiger partial charge in [0.1, 0.15) is 11.6 Å². The van der Waals surface area contributed by atoms with Crippen molar-refractivity contribution >= 4 is 22.4 Å². The van der Waals surface area contributed by atoms with Crippen molar-refractivity contribution in [2.75, 3.05) is 5.32 Å². The molecular weight excluding hydrogens is 340 g/mol. The Kier molecular flexibility index (Phi) is 4.79. The van der Waals surface area contributed by atoms with Gasteiger partial charge in [0.25, 0.3) is 11.5 Å². The monoisotopic (exact) mass is 357 g/mol. The molecule has 0 aliphatic heterocycles. The highest BCUT2D eigenvalue weighted by Crippen LogP contribution is 2.19. The standard InChI is InChI=1S/C19H17F2N3O2/c1-11(2)10-24-19(26)14-6-4-3-5-13(14)17(23-24)18(25)22-16-9-12(20)7-8-15(16)21/h3-9,11H,10H2,1-2H3,(H,22,25). The minimum atomic E-state index is -0.764. The Morgan fingerprint density at radius 3 is 2.54 bits per heavy atom. The molecule has 1 heterocycles. The van der Waals surface area contributed by atoms with E-state index in [4.69, 9.17) is 0 Å². The van der Waals surface area contributed by atoms with Gasteiger partial charge in [0, 0.05) is 18.0 Å². The summed E-state index contributed by atoms with van der Waals surface area (Å²) in [6, 6.07) is 9.35. The van der Waals surface area contributed by atoms with Crippen molar-refractivity contribution in [1.82, 2.24) is 9.78 Å². The Morgan fingerprint density at radius 2 is 1.85 bits per heavy atom. The van der Waals surface area contributed by atoms with E-state index >= 15 is 0 Å². The predicted octanol–water partition coefficient (Wildman–Crippen LogP) is 3.58. The predicted molar refractivity (Wildman–Crippen MR) is 95.2 cm³/mol. The highest BCUT2D eigenvalue weighted by atomic mass is 19.1. The number of rotatable bonds is 4. The number of fused-ring (bicyclic) bond motifs is 1. The summed E-state index contributed by atoms with van der Waals surface area (Å²) in [6.45, 7) is 4.18. The lowest BCUT2D eigenvalue weighted by Gasteiger charge is -2.13. The van der Waals surface area contributed by atoms with Crippen LogP contribution in [0.5, 0.6) is 0 Å². The Bertz CT molecular complexity index is 1040. The Balaban J connectivity index is 2.11. The van der Waals surface area contributed by atoms with Gasteiger partial charge in [-0.1, -0.05) is 32.0 Å². The second-order valence-corrected chi connectivity index (χ2v) is 6.35. The molecule has 0 atom stereocenters. The Morgan fingerprint density at radius 1 is 1.15 bits per heavy atom. The van der Waals surface area contributed by atoms with Crippen LogP contribution in [-0.2, 0) is 6.54 Å². The van der Waals surface area contributed by atoms with Gasteiger partial charge in [-0.15, -0.1) is 0 Å². The second kappa shape index (κ2) is 7.03. The van der Waals surface area contributed by atoms with Crippen LogP contribution in [0.1, 0.15) is 24.3 Å². The van der Waals surface area contributed by atoms with Crippen LogP contribution in [0.3, 0.4) is 0 Å². The highest BCUT2D eigenvalue weighted by molar-refractivity contribution is 6.11. The van der Waals surface area contributed by atoms with Crippen molar-refractivity contribution in [2.45, 2.75) is 20.4 Å². The summed E-state index contributed by atoms with van der Waals surface area (Å²) in [7, 11) is 0.